The smallest absolute Gasteiger partial charge is 0.258 e. The molecule has 0 atom stereocenters. The molecule has 0 fully saturated rings. The Hall–Kier alpha value is -2.03. The molecule has 25 heavy (non-hydrogen) atoms. The Kier molecular flexibility index (Phi) is 5.03. The molecule has 3 rings (SSSR count). The van der Waals surface area contributed by atoms with E-state index in [9.17, 15) is 4.79 Å². The summed E-state index contributed by atoms with van der Waals surface area (Å²) in [5, 5.41) is 5.60. The summed E-state index contributed by atoms with van der Waals surface area (Å²) in [4.78, 5) is 17.2. The van der Waals surface area contributed by atoms with Crippen molar-refractivity contribution in [3.63, 3.8) is 0 Å². The topological polar surface area (TPSA) is 83.0 Å². The summed E-state index contributed by atoms with van der Waals surface area (Å²) in [6, 6.07) is 8.57. The second-order valence-corrected chi connectivity index (χ2v) is 13.8. The van der Waals surface area contributed by atoms with Crippen LogP contribution in [0.1, 0.15) is 9.67 Å². The fourth-order valence-corrected chi connectivity index (χ4v) is 4.02. The van der Waals surface area contributed by atoms with E-state index in [4.69, 9.17) is 10.5 Å². The van der Waals surface area contributed by atoms with Crippen LogP contribution in [0.3, 0.4) is 0 Å². The van der Waals surface area contributed by atoms with E-state index in [1.807, 2.05) is 18.2 Å². The molecular weight excluding hydrogens is 352 g/mol. The predicted molar refractivity (Wildman–Crippen MR) is 103 cm³/mol. The Balaban J connectivity index is 1.86. The van der Waals surface area contributed by atoms with Crippen molar-refractivity contribution in [2.24, 2.45) is 5.73 Å². The van der Waals surface area contributed by atoms with E-state index >= 15 is 0 Å². The van der Waals surface area contributed by atoms with E-state index in [1.165, 1.54) is 11.3 Å². The average molecular weight is 375 g/mol. The number of pyridine rings is 1. The third kappa shape index (κ3) is 4.14. The number of thiophene rings is 1. The molecule has 0 radical (unpaired) electrons. The second-order valence-electron chi connectivity index (χ2n) is 7.10. The molecule has 0 saturated heterocycles. The highest BCUT2D eigenvalue weighted by Crippen LogP contribution is 2.32. The predicted octanol–water partition coefficient (Wildman–Crippen LogP) is 3.57. The number of aromatic nitrogens is 3. The highest BCUT2D eigenvalue weighted by Gasteiger charge is 2.17. The van der Waals surface area contributed by atoms with Crippen LogP contribution in [0.15, 0.2) is 30.5 Å². The molecule has 2 N–H and O–H groups in total. The summed E-state index contributed by atoms with van der Waals surface area (Å²) in [5.74, 6) is -0.423. The molecular formula is C17H22N4O2SSi. The number of hydrogen-bond donors (Lipinski definition) is 1. The summed E-state index contributed by atoms with van der Waals surface area (Å²) < 4.78 is 7.60. The van der Waals surface area contributed by atoms with Gasteiger partial charge in [0.15, 0.2) is 5.65 Å². The normalized spacial score (nSPS) is 12.0. The number of nitrogens with two attached hydrogens (primary N) is 1. The molecule has 0 aliphatic rings. The SMILES string of the molecule is C[Si](C)(C)CCOCn1nc(-c2ccc(C(N)=O)s2)c2cccnc21. The van der Waals surface area contributed by atoms with Crippen LogP contribution in [0, 0.1) is 0 Å². The molecule has 0 aliphatic heterocycles. The Morgan fingerprint density at radius 1 is 1.32 bits per heavy atom. The lowest BCUT2D eigenvalue weighted by Crippen LogP contribution is -2.22. The second kappa shape index (κ2) is 7.07. The van der Waals surface area contributed by atoms with E-state index in [-0.39, 0.29) is 0 Å². The van der Waals surface area contributed by atoms with Crippen molar-refractivity contribution in [3.05, 3.63) is 35.3 Å². The maximum Gasteiger partial charge on any atom is 0.258 e. The number of ether oxygens (including phenoxy) is 1. The molecule has 1 amide bonds. The molecule has 0 saturated carbocycles. The zero-order valence-electron chi connectivity index (χ0n) is 14.7. The third-order valence-corrected chi connectivity index (χ3v) is 6.61. The highest BCUT2D eigenvalue weighted by molar-refractivity contribution is 7.17. The van der Waals surface area contributed by atoms with Gasteiger partial charge in [0.1, 0.15) is 12.4 Å². The van der Waals surface area contributed by atoms with Crippen molar-refractivity contribution in [2.75, 3.05) is 6.61 Å². The quantitative estimate of drug-likeness (QED) is 0.506. The Morgan fingerprint density at radius 3 is 2.80 bits per heavy atom. The van der Waals surface area contributed by atoms with E-state index in [0.29, 0.717) is 11.6 Å². The first-order chi connectivity index (χ1) is 11.8. The van der Waals surface area contributed by atoms with Gasteiger partial charge in [-0.05, 0) is 30.3 Å². The van der Waals surface area contributed by atoms with Gasteiger partial charge >= 0.3 is 0 Å². The van der Waals surface area contributed by atoms with Crippen molar-refractivity contribution < 1.29 is 9.53 Å². The van der Waals surface area contributed by atoms with E-state index in [1.54, 1.807) is 16.9 Å². The minimum atomic E-state index is -1.12. The number of hydrogen-bond acceptors (Lipinski definition) is 5. The summed E-state index contributed by atoms with van der Waals surface area (Å²) in [7, 11) is -1.12. The van der Waals surface area contributed by atoms with E-state index in [0.717, 1.165) is 34.3 Å². The largest absolute Gasteiger partial charge is 0.365 e. The maximum absolute atomic E-state index is 11.3. The number of carbonyl (C=O) groups is 1. The van der Waals surface area contributed by atoms with Gasteiger partial charge < -0.3 is 10.5 Å². The first kappa shape index (κ1) is 17.8. The maximum atomic E-state index is 11.3. The molecule has 6 nitrogen and oxygen atoms in total. The van der Waals surface area contributed by atoms with Gasteiger partial charge in [-0.3, -0.25) is 4.79 Å². The zero-order chi connectivity index (χ0) is 18.0. The van der Waals surface area contributed by atoms with Gasteiger partial charge in [0.2, 0.25) is 0 Å². The lowest BCUT2D eigenvalue weighted by molar-refractivity contribution is 0.0814. The number of amides is 1. The van der Waals surface area contributed by atoms with Crippen molar-refractivity contribution in [3.8, 4) is 10.6 Å². The molecule has 0 bridgehead atoms. The van der Waals surface area contributed by atoms with Crippen LogP contribution in [0.5, 0.6) is 0 Å². The lowest BCUT2D eigenvalue weighted by atomic mass is 10.2. The highest BCUT2D eigenvalue weighted by atomic mass is 32.1. The van der Waals surface area contributed by atoms with Gasteiger partial charge in [0, 0.05) is 26.3 Å². The van der Waals surface area contributed by atoms with Crippen molar-refractivity contribution in [1.82, 2.24) is 14.8 Å². The van der Waals surface area contributed by atoms with Gasteiger partial charge in [-0.1, -0.05) is 19.6 Å². The number of fused-ring (bicyclic) bond motifs is 1. The lowest BCUT2D eigenvalue weighted by Gasteiger charge is -2.15. The van der Waals surface area contributed by atoms with Crippen LogP contribution in [0.2, 0.25) is 25.7 Å². The molecule has 8 heteroatoms. The Bertz CT molecular complexity index is 898. The number of primary amides is 1. The monoisotopic (exact) mass is 374 g/mol. The number of nitrogens with zero attached hydrogens (tertiary/aromatic N) is 3. The fourth-order valence-electron chi connectivity index (χ4n) is 2.41. The first-order valence-electron chi connectivity index (χ1n) is 8.14. The minimum Gasteiger partial charge on any atom is -0.365 e. The number of rotatable bonds is 7. The van der Waals surface area contributed by atoms with Crippen LogP contribution in [-0.4, -0.2) is 35.4 Å². The zero-order valence-corrected chi connectivity index (χ0v) is 16.5. The Labute approximate surface area is 151 Å². The molecule has 0 aromatic carbocycles. The molecule has 0 aliphatic carbocycles. The molecule has 3 heterocycles. The van der Waals surface area contributed by atoms with Gasteiger partial charge in [0.25, 0.3) is 5.91 Å². The van der Waals surface area contributed by atoms with Crippen molar-refractivity contribution in [1.29, 1.82) is 0 Å². The Morgan fingerprint density at radius 2 is 2.12 bits per heavy atom. The van der Waals surface area contributed by atoms with Crippen LogP contribution < -0.4 is 5.73 Å². The van der Waals surface area contributed by atoms with E-state index < -0.39 is 14.0 Å². The van der Waals surface area contributed by atoms with Gasteiger partial charge in [0.05, 0.1) is 9.75 Å². The fraction of sp³-hybridized carbons (Fsp3) is 0.353. The van der Waals surface area contributed by atoms with Crippen LogP contribution in [0.25, 0.3) is 21.6 Å². The van der Waals surface area contributed by atoms with Crippen molar-refractivity contribution >= 4 is 36.4 Å². The third-order valence-electron chi connectivity index (χ3n) is 3.80. The summed E-state index contributed by atoms with van der Waals surface area (Å²) in [6.45, 7) is 8.07. The van der Waals surface area contributed by atoms with Crippen LogP contribution in [-0.2, 0) is 11.5 Å². The molecule has 0 unspecified atom stereocenters. The molecule has 3 aromatic heterocycles. The summed E-state index contributed by atoms with van der Waals surface area (Å²) in [6.07, 6.45) is 1.75. The molecule has 0 spiro atoms. The van der Waals surface area contributed by atoms with Crippen LogP contribution in [0.4, 0.5) is 0 Å². The first-order valence-corrected chi connectivity index (χ1v) is 12.7. The number of carbonyl (C=O) groups excluding carboxylic acids is 1. The van der Waals surface area contributed by atoms with E-state index in [2.05, 4.69) is 29.7 Å². The summed E-state index contributed by atoms with van der Waals surface area (Å²) >= 11 is 1.34. The molecule has 132 valence electrons. The molecule has 3 aromatic rings. The van der Waals surface area contributed by atoms with Gasteiger partial charge in [-0.25, -0.2) is 9.67 Å². The summed E-state index contributed by atoms with van der Waals surface area (Å²) in [5.41, 5.74) is 6.93. The standard InChI is InChI=1S/C17H22N4O2SSi/c1-25(2,3)10-9-23-11-21-17-12(5-4-8-19-17)15(20-21)13-6-7-14(24-13)16(18)22/h4-8H,9-11H2,1-3H3,(H2,18,22). The minimum absolute atomic E-state index is 0.367. The van der Waals surface area contributed by atoms with Gasteiger partial charge in [-0.2, -0.15) is 5.10 Å². The average Bonchev–Trinajstić information content (AvgIpc) is 3.16. The van der Waals surface area contributed by atoms with Crippen LogP contribution >= 0.6 is 11.3 Å². The van der Waals surface area contributed by atoms with Gasteiger partial charge in [-0.15, -0.1) is 11.3 Å². The van der Waals surface area contributed by atoms with Crippen molar-refractivity contribution in [2.45, 2.75) is 32.4 Å².